The van der Waals surface area contributed by atoms with Crippen LogP contribution < -0.4 is 0 Å². The highest BCUT2D eigenvalue weighted by Crippen LogP contribution is 2.28. The van der Waals surface area contributed by atoms with Gasteiger partial charge in [-0.15, -0.1) is 0 Å². The highest BCUT2D eigenvalue weighted by Gasteiger charge is 2.10. The maximum absolute atomic E-state index is 11.1. The van der Waals surface area contributed by atoms with Gasteiger partial charge in [0.05, 0.1) is 0 Å². The quantitative estimate of drug-likeness (QED) is 0.634. The van der Waals surface area contributed by atoms with Gasteiger partial charge in [-0.25, -0.2) is 0 Å². The number of carbonyl (C=O) groups excluding carboxylic acids is 2. The Labute approximate surface area is 113 Å². The molecule has 0 aliphatic carbocycles. The van der Waals surface area contributed by atoms with Gasteiger partial charge in [0.2, 0.25) is 0 Å². The molecular weight excluding hydrogens is 327 g/mol. The number of halogens is 1. The molecule has 0 N–H and O–H groups in total. The molecule has 0 aliphatic heterocycles. The van der Waals surface area contributed by atoms with Crippen LogP contribution in [0.5, 0.6) is 0 Å². The van der Waals surface area contributed by atoms with Crippen molar-refractivity contribution in [3.8, 4) is 11.1 Å². The number of benzene rings is 2. The molecule has 0 bridgehead atoms. The van der Waals surface area contributed by atoms with E-state index < -0.39 is 0 Å². The summed E-state index contributed by atoms with van der Waals surface area (Å²) in [5.74, 6) is 0. The zero-order valence-electron chi connectivity index (χ0n) is 8.89. The van der Waals surface area contributed by atoms with E-state index in [0.29, 0.717) is 17.4 Å². The zero-order valence-corrected chi connectivity index (χ0v) is 11.0. The first-order chi connectivity index (χ1) is 8.27. The molecule has 0 aromatic heterocycles. The first-order valence-electron chi connectivity index (χ1n) is 5.06. The van der Waals surface area contributed by atoms with Crippen molar-refractivity contribution in [2.24, 2.45) is 0 Å². The second-order valence-electron chi connectivity index (χ2n) is 3.52. The summed E-state index contributed by atoms with van der Waals surface area (Å²) in [5.41, 5.74) is 2.65. The summed E-state index contributed by atoms with van der Waals surface area (Å²) >= 11 is 2.22. The Balaban J connectivity index is 2.72. The van der Waals surface area contributed by atoms with Crippen LogP contribution in [0.15, 0.2) is 42.5 Å². The Hall–Kier alpha value is -1.49. The molecule has 2 rings (SSSR count). The predicted octanol–water partition coefficient (Wildman–Crippen LogP) is 3.58. The fourth-order valence-corrected chi connectivity index (χ4v) is 2.41. The third-order valence-electron chi connectivity index (χ3n) is 2.55. The minimum Gasteiger partial charge on any atom is -0.298 e. The molecule has 2 nitrogen and oxygen atoms in total. The van der Waals surface area contributed by atoms with Crippen molar-refractivity contribution in [2.75, 3.05) is 0 Å². The monoisotopic (exact) mass is 336 g/mol. The van der Waals surface area contributed by atoms with Crippen LogP contribution >= 0.6 is 22.6 Å². The maximum atomic E-state index is 11.1. The summed E-state index contributed by atoms with van der Waals surface area (Å²) in [7, 11) is 0. The first kappa shape index (κ1) is 12.0. The van der Waals surface area contributed by atoms with Gasteiger partial charge in [0, 0.05) is 14.7 Å². The Bertz CT molecular complexity index is 576. The van der Waals surface area contributed by atoms with Crippen molar-refractivity contribution in [3.63, 3.8) is 0 Å². The van der Waals surface area contributed by atoms with Gasteiger partial charge in [0.15, 0.2) is 12.6 Å². The molecule has 0 fully saturated rings. The Morgan fingerprint density at radius 2 is 1.53 bits per heavy atom. The fraction of sp³-hybridized carbons (Fsp3) is 0. The molecule has 2 aromatic carbocycles. The lowest BCUT2D eigenvalue weighted by Gasteiger charge is -2.08. The topological polar surface area (TPSA) is 34.1 Å². The van der Waals surface area contributed by atoms with Gasteiger partial charge in [-0.05, 0) is 39.8 Å². The zero-order chi connectivity index (χ0) is 12.3. The predicted molar refractivity (Wildman–Crippen MR) is 75.4 cm³/mol. The smallest absolute Gasteiger partial charge is 0.151 e. The second-order valence-corrected chi connectivity index (χ2v) is 4.69. The number of aldehydes is 2. The molecule has 2 aromatic rings. The van der Waals surface area contributed by atoms with Crippen molar-refractivity contribution < 1.29 is 9.59 Å². The SMILES string of the molecule is O=Cc1cccc(-c2ccccc2I)c1C=O. The van der Waals surface area contributed by atoms with Gasteiger partial charge in [0.1, 0.15) is 0 Å². The summed E-state index contributed by atoms with van der Waals surface area (Å²) in [6.07, 6.45) is 1.45. The molecule has 0 unspecified atom stereocenters. The Kier molecular flexibility index (Phi) is 3.68. The summed E-state index contributed by atoms with van der Waals surface area (Å²) < 4.78 is 1.05. The van der Waals surface area contributed by atoms with Crippen LogP contribution in [-0.2, 0) is 0 Å². The lowest BCUT2D eigenvalue weighted by molar-refractivity contribution is 0.109. The van der Waals surface area contributed by atoms with Crippen LogP contribution in [0, 0.1) is 3.57 Å². The molecule has 0 radical (unpaired) electrons. The normalized spacial score (nSPS) is 9.94. The summed E-state index contributed by atoms with van der Waals surface area (Å²) in [6, 6.07) is 13.1. The largest absolute Gasteiger partial charge is 0.298 e. The van der Waals surface area contributed by atoms with E-state index in [2.05, 4.69) is 22.6 Å². The molecule has 0 saturated carbocycles. The maximum Gasteiger partial charge on any atom is 0.151 e. The Morgan fingerprint density at radius 3 is 2.18 bits per heavy atom. The van der Waals surface area contributed by atoms with Crippen LogP contribution in [0.25, 0.3) is 11.1 Å². The van der Waals surface area contributed by atoms with Crippen molar-refractivity contribution in [1.82, 2.24) is 0 Å². The van der Waals surface area contributed by atoms with E-state index in [1.165, 1.54) is 0 Å². The van der Waals surface area contributed by atoms with E-state index in [9.17, 15) is 9.59 Å². The third kappa shape index (κ3) is 2.29. The number of rotatable bonds is 3. The second kappa shape index (κ2) is 5.23. The molecule has 3 heteroatoms. The van der Waals surface area contributed by atoms with Crippen LogP contribution in [0.1, 0.15) is 20.7 Å². The molecule has 17 heavy (non-hydrogen) atoms. The fourth-order valence-electron chi connectivity index (χ4n) is 1.73. The van der Waals surface area contributed by atoms with E-state index in [4.69, 9.17) is 0 Å². The van der Waals surface area contributed by atoms with Crippen LogP contribution in [0.3, 0.4) is 0 Å². The average Bonchev–Trinajstić information content (AvgIpc) is 2.38. The number of carbonyl (C=O) groups is 2. The molecule has 0 heterocycles. The standard InChI is InChI=1S/C14H9IO2/c15-14-7-2-1-5-12(14)11-6-3-4-10(8-16)13(11)9-17/h1-9H. The summed E-state index contributed by atoms with van der Waals surface area (Å²) in [5, 5.41) is 0. The minimum absolute atomic E-state index is 0.428. The van der Waals surface area contributed by atoms with Crippen LogP contribution in [-0.4, -0.2) is 12.6 Å². The van der Waals surface area contributed by atoms with Gasteiger partial charge < -0.3 is 0 Å². The van der Waals surface area contributed by atoms with Crippen LogP contribution in [0.4, 0.5) is 0 Å². The van der Waals surface area contributed by atoms with E-state index in [-0.39, 0.29) is 0 Å². The molecule has 0 saturated heterocycles. The van der Waals surface area contributed by atoms with Gasteiger partial charge in [0.25, 0.3) is 0 Å². The van der Waals surface area contributed by atoms with E-state index >= 15 is 0 Å². The molecule has 84 valence electrons. The lowest BCUT2D eigenvalue weighted by Crippen LogP contribution is -1.95. The van der Waals surface area contributed by atoms with E-state index in [0.717, 1.165) is 21.0 Å². The average molecular weight is 336 g/mol. The Morgan fingerprint density at radius 1 is 0.824 bits per heavy atom. The molecule has 0 amide bonds. The van der Waals surface area contributed by atoms with Gasteiger partial charge in [-0.2, -0.15) is 0 Å². The summed E-state index contributed by atoms with van der Waals surface area (Å²) in [6.45, 7) is 0. The molecule has 0 aliphatic rings. The first-order valence-corrected chi connectivity index (χ1v) is 6.14. The van der Waals surface area contributed by atoms with Crippen molar-refractivity contribution in [1.29, 1.82) is 0 Å². The van der Waals surface area contributed by atoms with Crippen molar-refractivity contribution in [2.45, 2.75) is 0 Å². The van der Waals surface area contributed by atoms with E-state index in [1.54, 1.807) is 12.1 Å². The van der Waals surface area contributed by atoms with Crippen LogP contribution in [0.2, 0.25) is 0 Å². The number of hydrogen-bond acceptors (Lipinski definition) is 2. The van der Waals surface area contributed by atoms with Gasteiger partial charge in [-0.1, -0.05) is 36.4 Å². The molecular formula is C14H9IO2. The van der Waals surface area contributed by atoms with Gasteiger partial charge >= 0.3 is 0 Å². The highest BCUT2D eigenvalue weighted by atomic mass is 127. The lowest BCUT2D eigenvalue weighted by atomic mass is 9.97. The molecule has 0 spiro atoms. The summed E-state index contributed by atoms with van der Waals surface area (Å²) in [4.78, 5) is 22.0. The number of hydrogen-bond donors (Lipinski definition) is 0. The van der Waals surface area contributed by atoms with Crippen molar-refractivity contribution in [3.05, 3.63) is 57.2 Å². The highest BCUT2D eigenvalue weighted by molar-refractivity contribution is 14.1. The van der Waals surface area contributed by atoms with Gasteiger partial charge in [-0.3, -0.25) is 9.59 Å². The van der Waals surface area contributed by atoms with E-state index in [1.807, 2.05) is 30.3 Å². The molecule has 0 atom stereocenters. The third-order valence-corrected chi connectivity index (χ3v) is 3.49. The minimum atomic E-state index is 0.428. The van der Waals surface area contributed by atoms with Crippen molar-refractivity contribution >= 4 is 35.2 Å².